The molecule has 0 radical (unpaired) electrons. The van der Waals surface area contributed by atoms with Crippen LogP contribution in [-0.4, -0.2) is 19.3 Å². The van der Waals surface area contributed by atoms with E-state index in [1.807, 2.05) is 36.4 Å². The molecule has 9 aromatic carbocycles. The van der Waals surface area contributed by atoms with Gasteiger partial charge in [-0.15, -0.1) is 0 Å². The molecule has 4 N–H and O–H groups in total. The molecule has 3 aliphatic carbocycles. The van der Waals surface area contributed by atoms with E-state index in [-0.39, 0.29) is 11.5 Å². The van der Waals surface area contributed by atoms with Gasteiger partial charge in [0.2, 0.25) is 0 Å². The van der Waals surface area contributed by atoms with E-state index in [4.69, 9.17) is 9.29 Å². The Balaban J connectivity index is 0.000000165. The maximum absolute atomic E-state index is 10.1. The summed E-state index contributed by atoms with van der Waals surface area (Å²) in [4.78, 5) is 0.829. The molecule has 0 unspecified atom stereocenters. The summed E-state index contributed by atoms with van der Waals surface area (Å²) in [6.07, 6.45) is 9.97. The molecule has 13 rings (SSSR count). The first-order valence-electron chi connectivity index (χ1n) is 25.4. The van der Waals surface area contributed by atoms with Crippen molar-refractivity contribution in [3.05, 3.63) is 250 Å². The standard InChI is InChI=1S/C38H30O2S.C25H20O2.C3H8.H2OS/c1-3-23(4-2)24-13-9-14-29-25(24)19-21-33-36(29)40-37-30-15-10-18-35(41-39)28(30)20-22-34(37)38(33)31-16-7-5-11-26(31)27-12-6-8-17-32(27)38;26-19-13-9-17(10-14-19)25(18-11-15-20(27)16-12-18)23-7-3-1-5-21(23)22-6-2-4-8-24(22)25;1-3-2;1-2/h5-23,39H,3-4H2,1-2H3;1-3,5-7,9-16,26-27H,4,8H2;3H2,1-2H3;1-2H. The molecule has 7 heteroatoms. The molecule has 0 bridgehead atoms. The van der Waals surface area contributed by atoms with Crippen molar-refractivity contribution >= 4 is 52.1 Å². The number of fused-ring (bicyclic) bond motifs is 15. The van der Waals surface area contributed by atoms with E-state index in [1.165, 1.54) is 67.5 Å². The van der Waals surface area contributed by atoms with E-state index in [1.54, 1.807) is 24.3 Å². The lowest BCUT2D eigenvalue weighted by atomic mass is 9.65. The van der Waals surface area contributed by atoms with Gasteiger partial charge < -0.3 is 24.1 Å². The number of hydrogen-bond donors (Lipinski definition) is 5. The van der Waals surface area contributed by atoms with Crippen molar-refractivity contribution in [2.45, 2.75) is 81.4 Å². The zero-order valence-corrected chi connectivity index (χ0v) is 43.4. The third-order valence-electron chi connectivity index (χ3n) is 15.4. The predicted molar refractivity (Wildman–Crippen MR) is 306 cm³/mol. The van der Waals surface area contributed by atoms with Crippen LogP contribution in [0.25, 0.3) is 38.2 Å². The number of hydrogen-bond acceptors (Lipinski definition) is 7. The maximum Gasteiger partial charge on any atom is 0.140 e. The van der Waals surface area contributed by atoms with Gasteiger partial charge in [0.15, 0.2) is 0 Å². The van der Waals surface area contributed by atoms with Crippen molar-refractivity contribution in [1.82, 2.24) is 0 Å². The fourth-order valence-electron chi connectivity index (χ4n) is 12.5. The van der Waals surface area contributed by atoms with Gasteiger partial charge in [-0.05, 0) is 141 Å². The molecule has 0 fully saturated rings. The number of aromatic hydroxyl groups is 2. The topological polar surface area (TPSA) is 90.2 Å². The average Bonchev–Trinajstić information content (AvgIpc) is 3.91. The largest absolute Gasteiger partial charge is 0.508 e. The summed E-state index contributed by atoms with van der Waals surface area (Å²) in [5.74, 6) is 2.84. The van der Waals surface area contributed by atoms with E-state index in [0.717, 1.165) is 87.0 Å². The van der Waals surface area contributed by atoms with Crippen molar-refractivity contribution in [3.8, 4) is 34.1 Å². The van der Waals surface area contributed by atoms with Crippen molar-refractivity contribution in [2.75, 3.05) is 0 Å². The molecule has 0 aromatic heterocycles. The quantitative estimate of drug-likeness (QED) is 0.0842. The summed E-state index contributed by atoms with van der Waals surface area (Å²) >= 11 is 3.32. The minimum absolute atomic E-state index is 0.267. The van der Waals surface area contributed by atoms with Gasteiger partial charge in [-0.3, -0.25) is 0 Å². The van der Waals surface area contributed by atoms with Crippen LogP contribution in [0.5, 0.6) is 23.0 Å². The third-order valence-corrected chi connectivity index (χ3v) is 15.9. The molecule has 366 valence electrons. The summed E-state index contributed by atoms with van der Waals surface area (Å²) in [5, 5.41) is 24.2. The lowest BCUT2D eigenvalue weighted by molar-refractivity contribution is 0.447. The van der Waals surface area contributed by atoms with E-state index < -0.39 is 10.8 Å². The molecular weight excluding hydrogens is 937 g/mol. The zero-order chi connectivity index (χ0) is 50.9. The Bertz CT molecular complexity index is 3460. The second-order valence-corrected chi connectivity index (χ2v) is 19.8. The number of rotatable bonds is 6. The van der Waals surface area contributed by atoms with Crippen molar-refractivity contribution in [1.29, 1.82) is 0 Å². The molecule has 1 spiro atoms. The Labute approximate surface area is 439 Å². The van der Waals surface area contributed by atoms with E-state index >= 15 is 0 Å². The SMILES string of the molecule is CCC.CCC(CC)c1cccc2c3c(ccc12)C1(c2ccccc2-c2ccccc21)c1ccc2c(SO)cccc2c1O3.OS.Oc1ccc(C2(c3ccc(O)cc3)C3=C(C=CCC3)c3ccccc32)cc1. The zero-order valence-electron chi connectivity index (χ0n) is 41.6. The van der Waals surface area contributed by atoms with Gasteiger partial charge in [0.25, 0.3) is 0 Å². The molecule has 1 heterocycles. The predicted octanol–water partition coefficient (Wildman–Crippen LogP) is 18.3. The number of allylic oxidation sites excluding steroid dienone is 4. The van der Waals surface area contributed by atoms with Crippen LogP contribution in [-0.2, 0) is 10.8 Å². The highest BCUT2D eigenvalue weighted by Gasteiger charge is 2.52. The number of phenols is 2. The summed E-state index contributed by atoms with van der Waals surface area (Å²) in [7, 11) is 0. The van der Waals surface area contributed by atoms with Gasteiger partial charge in [-0.25, -0.2) is 0 Å². The molecule has 4 aliphatic rings. The van der Waals surface area contributed by atoms with E-state index in [2.05, 4.69) is 174 Å². The highest BCUT2D eigenvalue weighted by Crippen LogP contribution is 2.64. The van der Waals surface area contributed by atoms with E-state index in [9.17, 15) is 14.8 Å². The summed E-state index contributed by atoms with van der Waals surface area (Å²) in [6, 6.07) is 63.3. The molecule has 9 aromatic rings. The second kappa shape index (κ2) is 20.9. The lowest BCUT2D eigenvalue weighted by Crippen LogP contribution is -2.32. The van der Waals surface area contributed by atoms with Crippen molar-refractivity contribution in [3.63, 3.8) is 0 Å². The average molecular weight is 997 g/mol. The molecule has 0 saturated carbocycles. The van der Waals surface area contributed by atoms with Crippen molar-refractivity contribution in [2.24, 2.45) is 0 Å². The Hall–Kier alpha value is -7.00. The van der Waals surface area contributed by atoms with E-state index in [0.29, 0.717) is 5.92 Å². The molecule has 0 saturated heterocycles. The molecule has 1 aliphatic heterocycles. The van der Waals surface area contributed by atoms with Crippen LogP contribution in [0.15, 0.2) is 205 Å². The minimum atomic E-state index is -0.522. The normalized spacial score (nSPS) is 14.5. The van der Waals surface area contributed by atoms with Gasteiger partial charge in [0, 0.05) is 44.2 Å². The highest BCUT2D eigenvalue weighted by molar-refractivity contribution is 7.94. The number of benzene rings is 9. The van der Waals surface area contributed by atoms with Crippen LogP contribution >= 0.6 is 25.0 Å². The fourth-order valence-corrected chi connectivity index (χ4v) is 12.9. The van der Waals surface area contributed by atoms with Gasteiger partial charge in [-0.1, -0.05) is 198 Å². The van der Waals surface area contributed by atoms with Crippen LogP contribution in [0.2, 0.25) is 0 Å². The van der Waals surface area contributed by atoms with Crippen LogP contribution < -0.4 is 4.74 Å². The van der Waals surface area contributed by atoms with Gasteiger partial charge in [0.05, 0.1) is 10.8 Å². The molecule has 73 heavy (non-hydrogen) atoms. The maximum atomic E-state index is 10.1. The molecule has 0 amide bonds. The van der Waals surface area contributed by atoms with Gasteiger partial charge in [0.1, 0.15) is 23.0 Å². The van der Waals surface area contributed by atoms with Gasteiger partial charge in [-0.2, -0.15) is 0 Å². The molecule has 0 atom stereocenters. The van der Waals surface area contributed by atoms with Crippen LogP contribution in [0.4, 0.5) is 0 Å². The van der Waals surface area contributed by atoms with Crippen LogP contribution in [0, 0.1) is 0 Å². The van der Waals surface area contributed by atoms with Crippen molar-refractivity contribution < 1.29 is 24.1 Å². The number of phenolic OH excluding ortho intramolecular Hbond substituents is 2. The summed E-state index contributed by atoms with van der Waals surface area (Å²) in [5.41, 5.74) is 15.4. The first kappa shape index (κ1) is 49.6. The van der Waals surface area contributed by atoms with Gasteiger partial charge >= 0.3 is 0 Å². The van der Waals surface area contributed by atoms with Crippen LogP contribution in [0.1, 0.15) is 116 Å². The Kier molecular flexibility index (Phi) is 14.2. The monoisotopic (exact) mass is 996 g/mol. The Morgan fingerprint density at radius 1 is 0.507 bits per heavy atom. The summed E-state index contributed by atoms with van der Waals surface area (Å²) < 4.78 is 23.9. The Morgan fingerprint density at radius 2 is 0.986 bits per heavy atom. The number of thiol groups is 1. The second-order valence-electron chi connectivity index (χ2n) is 19.2. The summed E-state index contributed by atoms with van der Waals surface area (Å²) in [6.45, 7) is 8.81. The first-order valence-corrected chi connectivity index (χ1v) is 26.6. The minimum Gasteiger partial charge on any atom is -0.508 e. The fraction of sp³-hybridized carbons (Fsp3) is 0.182. The molecular formula is C66H60O5S2. The number of ether oxygens (including phenoxy) is 1. The lowest BCUT2D eigenvalue weighted by Gasteiger charge is -2.40. The van der Waals surface area contributed by atoms with Crippen LogP contribution in [0.3, 0.4) is 0 Å². The third kappa shape index (κ3) is 7.87. The smallest absolute Gasteiger partial charge is 0.140 e. The first-order chi connectivity index (χ1) is 35.8. The molecule has 5 nitrogen and oxygen atoms in total. The highest BCUT2D eigenvalue weighted by atomic mass is 32.2. The Morgan fingerprint density at radius 3 is 1.52 bits per heavy atom.